The number of nitrogens with one attached hydrogen (secondary N) is 2. The number of carbonyl (C=O) groups is 1. The largest absolute Gasteiger partial charge is 0.341 e. The molecule has 144 valence electrons. The van der Waals surface area contributed by atoms with Gasteiger partial charge in [0.25, 0.3) is 0 Å². The molecule has 2 N–H and O–H groups in total. The summed E-state index contributed by atoms with van der Waals surface area (Å²) in [5.41, 5.74) is 3.11. The molecule has 4 rings (SSSR count). The molecule has 1 saturated heterocycles. The highest BCUT2D eigenvalue weighted by molar-refractivity contribution is 5.92. The second kappa shape index (κ2) is 7.94. The van der Waals surface area contributed by atoms with E-state index in [-0.39, 0.29) is 17.8 Å². The maximum absolute atomic E-state index is 14.0. The Bertz CT molecular complexity index is 967. The van der Waals surface area contributed by atoms with Crippen molar-refractivity contribution in [3.8, 4) is 11.3 Å². The standard InChI is InChI=1S/C22H23FN4O/c1-15-8-10-16(11-9-15)25-21(28)14-27-12-4-7-20(27)22-24-13-19(26-22)17-5-2-3-6-18(17)23/h2-3,5-6,8-11,13,20H,4,7,12,14H2,1H3,(H,24,26)(H,25,28)/t20-/m0/s1. The van der Waals surface area contributed by atoms with E-state index >= 15 is 0 Å². The van der Waals surface area contributed by atoms with Crippen molar-refractivity contribution in [2.45, 2.75) is 25.8 Å². The van der Waals surface area contributed by atoms with E-state index in [0.717, 1.165) is 36.5 Å². The van der Waals surface area contributed by atoms with Gasteiger partial charge in [-0.2, -0.15) is 0 Å². The van der Waals surface area contributed by atoms with Crippen molar-refractivity contribution in [3.63, 3.8) is 0 Å². The topological polar surface area (TPSA) is 61.0 Å². The number of aryl methyl sites for hydroxylation is 1. The third kappa shape index (κ3) is 3.97. The molecule has 1 aliphatic heterocycles. The highest BCUT2D eigenvalue weighted by Crippen LogP contribution is 2.31. The molecule has 1 atom stereocenters. The van der Waals surface area contributed by atoms with Gasteiger partial charge in [0.1, 0.15) is 11.6 Å². The molecule has 0 unspecified atom stereocenters. The normalized spacial score (nSPS) is 17.0. The number of aromatic nitrogens is 2. The van der Waals surface area contributed by atoms with Gasteiger partial charge in [-0.1, -0.05) is 29.8 Å². The molecule has 3 aromatic rings. The lowest BCUT2D eigenvalue weighted by atomic mass is 10.1. The minimum atomic E-state index is -0.279. The van der Waals surface area contributed by atoms with E-state index in [9.17, 15) is 9.18 Å². The van der Waals surface area contributed by atoms with Crippen LogP contribution in [0.15, 0.2) is 54.7 Å². The van der Waals surface area contributed by atoms with Crippen molar-refractivity contribution >= 4 is 11.6 Å². The fourth-order valence-electron chi connectivity index (χ4n) is 3.67. The molecule has 2 aromatic carbocycles. The molecule has 5 nitrogen and oxygen atoms in total. The van der Waals surface area contributed by atoms with Crippen LogP contribution in [0.4, 0.5) is 10.1 Å². The highest BCUT2D eigenvalue weighted by atomic mass is 19.1. The number of imidazole rings is 1. The number of aromatic amines is 1. The predicted molar refractivity (Wildman–Crippen MR) is 107 cm³/mol. The summed E-state index contributed by atoms with van der Waals surface area (Å²) < 4.78 is 14.0. The molecule has 0 aliphatic carbocycles. The fourth-order valence-corrected chi connectivity index (χ4v) is 3.67. The zero-order valence-corrected chi connectivity index (χ0v) is 15.8. The van der Waals surface area contributed by atoms with E-state index in [1.165, 1.54) is 6.07 Å². The SMILES string of the molecule is Cc1ccc(NC(=O)CN2CCC[C@H]2c2ncc(-c3ccccc3F)[nH]2)cc1. The zero-order valence-electron chi connectivity index (χ0n) is 15.8. The second-order valence-electron chi connectivity index (χ2n) is 7.20. The van der Waals surface area contributed by atoms with E-state index in [2.05, 4.69) is 20.2 Å². The molecule has 1 fully saturated rings. The number of H-pyrrole nitrogens is 1. The van der Waals surface area contributed by atoms with Crippen molar-refractivity contribution in [2.75, 3.05) is 18.4 Å². The van der Waals surface area contributed by atoms with Crippen molar-refractivity contribution < 1.29 is 9.18 Å². The van der Waals surface area contributed by atoms with Gasteiger partial charge >= 0.3 is 0 Å². The van der Waals surface area contributed by atoms with Crippen molar-refractivity contribution in [1.29, 1.82) is 0 Å². The van der Waals surface area contributed by atoms with Gasteiger partial charge in [-0.25, -0.2) is 9.37 Å². The molecular weight excluding hydrogens is 355 g/mol. The first-order valence-electron chi connectivity index (χ1n) is 9.50. The lowest BCUT2D eigenvalue weighted by molar-refractivity contribution is -0.117. The summed E-state index contributed by atoms with van der Waals surface area (Å²) in [7, 11) is 0. The average Bonchev–Trinajstić information content (AvgIpc) is 3.33. The third-order valence-corrected chi connectivity index (χ3v) is 5.12. The molecule has 0 saturated carbocycles. The van der Waals surface area contributed by atoms with Gasteiger partial charge in [0.2, 0.25) is 5.91 Å². The minimum absolute atomic E-state index is 0.0318. The molecule has 6 heteroatoms. The number of benzene rings is 2. The number of amides is 1. The summed E-state index contributed by atoms with van der Waals surface area (Å²) in [6.07, 6.45) is 3.58. The van der Waals surface area contributed by atoms with E-state index in [0.29, 0.717) is 17.8 Å². The summed E-state index contributed by atoms with van der Waals surface area (Å²) >= 11 is 0. The van der Waals surface area contributed by atoms with Gasteiger partial charge in [0.05, 0.1) is 24.5 Å². The summed E-state index contributed by atoms with van der Waals surface area (Å²) in [6.45, 7) is 3.15. The summed E-state index contributed by atoms with van der Waals surface area (Å²) in [4.78, 5) is 22.3. The van der Waals surface area contributed by atoms with Gasteiger partial charge in [0.15, 0.2) is 0 Å². The first kappa shape index (κ1) is 18.4. The number of rotatable bonds is 5. The number of hydrogen-bond acceptors (Lipinski definition) is 3. The van der Waals surface area contributed by atoms with Crippen LogP contribution in [0.25, 0.3) is 11.3 Å². The van der Waals surface area contributed by atoms with Gasteiger partial charge in [-0.05, 0) is 50.6 Å². The lowest BCUT2D eigenvalue weighted by Crippen LogP contribution is -2.33. The van der Waals surface area contributed by atoms with E-state index < -0.39 is 0 Å². The van der Waals surface area contributed by atoms with Crippen LogP contribution < -0.4 is 5.32 Å². The zero-order chi connectivity index (χ0) is 19.5. The van der Waals surface area contributed by atoms with Crippen LogP contribution in [0.1, 0.15) is 30.3 Å². The Morgan fingerprint density at radius 1 is 1.25 bits per heavy atom. The molecule has 1 aromatic heterocycles. The van der Waals surface area contributed by atoms with Gasteiger partial charge in [0, 0.05) is 11.3 Å². The van der Waals surface area contributed by atoms with Crippen LogP contribution in [0, 0.1) is 12.7 Å². The van der Waals surface area contributed by atoms with Crippen LogP contribution in [-0.4, -0.2) is 33.9 Å². The molecule has 1 amide bonds. The molecular formula is C22H23FN4O. The van der Waals surface area contributed by atoms with Crippen LogP contribution >= 0.6 is 0 Å². The van der Waals surface area contributed by atoms with Crippen molar-refractivity contribution in [2.24, 2.45) is 0 Å². The Balaban J connectivity index is 1.44. The molecule has 2 heterocycles. The van der Waals surface area contributed by atoms with Crippen LogP contribution in [0.3, 0.4) is 0 Å². The highest BCUT2D eigenvalue weighted by Gasteiger charge is 2.30. The first-order chi connectivity index (χ1) is 13.6. The van der Waals surface area contributed by atoms with Crippen molar-refractivity contribution in [1.82, 2.24) is 14.9 Å². The Labute approximate surface area is 163 Å². The monoisotopic (exact) mass is 378 g/mol. The lowest BCUT2D eigenvalue weighted by Gasteiger charge is -2.22. The number of nitrogens with zero attached hydrogens (tertiary/aromatic N) is 2. The Hall–Kier alpha value is -2.99. The Morgan fingerprint density at radius 3 is 2.82 bits per heavy atom. The third-order valence-electron chi connectivity index (χ3n) is 5.12. The van der Waals surface area contributed by atoms with Gasteiger partial charge in [-0.15, -0.1) is 0 Å². The molecule has 0 radical (unpaired) electrons. The van der Waals surface area contributed by atoms with E-state index in [1.54, 1.807) is 24.4 Å². The molecule has 0 spiro atoms. The van der Waals surface area contributed by atoms with E-state index in [1.807, 2.05) is 31.2 Å². The predicted octanol–water partition coefficient (Wildman–Crippen LogP) is 4.30. The Kier molecular flexibility index (Phi) is 5.21. The second-order valence-corrected chi connectivity index (χ2v) is 7.20. The van der Waals surface area contributed by atoms with Crippen LogP contribution in [0.2, 0.25) is 0 Å². The van der Waals surface area contributed by atoms with Crippen LogP contribution in [0.5, 0.6) is 0 Å². The van der Waals surface area contributed by atoms with E-state index in [4.69, 9.17) is 0 Å². The summed E-state index contributed by atoms with van der Waals surface area (Å²) in [6, 6.07) is 14.4. The van der Waals surface area contributed by atoms with Crippen molar-refractivity contribution in [3.05, 3.63) is 71.9 Å². The maximum atomic E-state index is 14.0. The fraction of sp³-hybridized carbons (Fsp3) is 0.273. The first-order valence-corrected chi connectivity index (χ1v) is 9.50. The Morgan fingerprint density at radius 2 is 2.04 bits per heavy atom. The van der Waals surface area contributed by atoms with Crippen LogP contribution in [-0.2, 0) is 4.79 Å². The molecule has 1 aliphatic rings. The maximum Gasteiger partial charge on any atom is 0.238 e. The smallest absolute Gasteiger partial charge is 0.238 e. The number of carbonyl (C=O) groups excluding carboxylic acids is 1. The number of hydrogen-bond donors (Lipinski definition) is 2. The molecule has 28 heavy (non-hydrogen) atoms. The minimum Gasteiger partial charge on any atom is -0.341 e. The average molecular weight is 378 g/mol. The summed E-state index contributed by atoms with van der Waals surface area (Å²) in [5.74, 6) is 0.453. The summed E-state index contributed by atoms with van der Waals surface area (Å²) in [5, 5.41) is 2.95. The number of halogens is 1. The number of anilines is 1. The molecule has 0 bridgehead atoms. The quantitative estimate of drug-likeness (QED) is 0.696. The van der Waals surface area contributed by atoms with Gasteiger partial charge < -0.3 is 10.3 Å². The van der Waals surface area contributed by atoms with Gasteiger partial charge in [-0.3, -0.25) is 9.69 Å². The number of likely N-dealkylation sites (tertiary alicyclic amines) is 1.